The minimum Gasteiger partial charge on any atom is -0.507 e. The van der Waals surface area contributed by atoms with Crippen molar-refractivity contribution in [1.82, 2.24) is 15.1 Å². The largest absolute Gasteiger partial charge is 0.507 e. The summed E-state index contributed by atoms with van der Waals surface area (Å²) in [6.45, 7) is 5.67. The van der Waals surface area contributed by atoms with Crippen molar-refractivity contribution in [3.8, 4) is 17.0 Å². The molecule has 1 saturated carbocycles. The molecule has 0 spiro atoms. The number of carbonyl (C=O) groups is 2. The molecule has 1 aromatic heterocycles. The van der Waals surface area contributed by atoms with Crippen LogP contribution in [0.5, 0.6) is 5.75 Å². The van der Waals surface area contributed by atoms with Crippen LogP contribution in [0.1, 0.15) is 54.2 Å². The number of phenolic OH excluding ortho intramolecular Hbond substituents is 1. The zero-order valence-electron chi connectivity index (χ0n) is 17.8. The van der Waals surface area contributed by atoms with Gasteiger partial charge in [0.15, 0.2) is 0 Å². The van der Waals surface area contributed by atoms with Crippen molar-refractivity contribution < 1.29 is 14.7 Å². The first-order valence-corrected chi connectivity index (χ1v) is 10.4. The number of aryl methyl sites for hydroxylation is 1. The van der Waals surface area contributed by atoms with E-state index >= 15 is 0 Å². The second-order valence-electron chi connectivity index (χ2n) is 8.25. The van der Waals surface area contributed by atoms with E-state index in [0.29, 0.717) is 28.4 Å². The lowest BCUT2D eigenvalue weighted by Gasteiger charge is -2.10. The summed E-state index contributed by atoms with van der Waals surface area (Å²) in [6.07, 6.45) is 2.05. The Hall–Kier alpha value is -3.61. The number of aromatic nitrogens is 2. The number of anilines is 1. The van der Waals surface area contributed by atoms with Gasteiger partial charge in [0.2, 0.25) is 0 Å². The molecule has 1 aliphatic rings. The molecule has 4 rings (SSSR count). The third kappa shape index (κ3) is 4.45. The molecular formula is C24H26N4O3. The number of aromatic hydroxyl groups is 1. The lowest BCUT2D eigenvalue weighted by molar-refractivity contribution is 0.102. The Morgan fingerprint density at radius 1 is 1.13 bits per heavy atom. The second-order valence-corrected chi connectivity index (χ2v) is 8.25. The number of phenols is 1. The maximum absolute atomic E-state index is 12.6. The van der Waals surface area contributed by atoms with E-state index in [0.717, 1.165) is 24.1 Å². The fraction of sp³-hybridized carbons (Fsp3) is 0.292. The van der Waals surface area contributed by atoms with Crippen LogP contribution in [0.25, 0.3) is 11.3 Å². The number of nitrogens with zero attached hydrogens (tertiary/aromatic N) is 2. The molecule has 7 nitrogen and oxygen atoms in total. The van der Waals surface area contributed by atoms with Gasteiger partial charge in [-0.25, -0.2) is 4.79 Å². The molecule has 160 valence electrons. The van der Waals surface area contributed by atoms with Crippen molar-refractivity contribution in [3.05, 3.63) is 65.4 Å². The van der Waals surface area contributed by atoms with Crippen LogP contribution in [0.3, 0.4) is 0 Å². The van der Waals surface area contributed by atoms with Gasteiger partial charge in [0.25, 0.3) is 5.91 Å². The Balaban J connectivity index is 1.59. The molecule has 1 fully saturated rings. The van der Waals surface area contributed by atoms with Crippen LogP contribution < -0.4 is 10.6 Å². The summed E-state index contributed by atoms with van der Waals surface area (Å²) in [5.41, 5.74) is 3.81. The van der Waals surface area contributed by atoms with Gasteiger partial charge in [0.05, 0.1) is 11.4 Å². The summed E-state index contributed by atoms with van der Waals surface area (Å²) in [4.78, 5) is 25.1. The van der Waals surface area contributed by atoms with Crippen molar-refractivity contribution >= 4 is 17.6 Å². The maximum Gasteiger partial charge on any atom is 0.342 e. The molecule has 0 radical (unpaired) electrons. The predicted molar refractivity (Wildman–Crippen MR) is 120 cm³/mol. The molecule has 2 aromatic carbocycles. The van der Waals surface area contributed by atoms with E-state index in [1.54, 1.807) is 18.2 Å². The van der Waals surface area contributed by atoms with Crippen LogP contribution >= 0.6 is 0 Å². The molecule has 0 unspecified atom stereocenters. The number of benzene rings is 2. The van der Waals surface area contributed by atoms with Gasteiger partial charge in [-0.3, -0.25) is 4.79 Å². The minimum absolute atomic E-state index is 0.00301. The van der Waals surface area contributed by atoms with E-state index in [4.69, 9.17) is 0 Å². The summed E-state index contributed by atoms with van der Waals surface area (Å²) in [7, 11) is 0. The predicted octanol–water partition coefficient (Wildman–Crippen LogP) is 4.66. The standard InChI is InChI=1S/C24H26N4O3/c1-14(2)25-24(31)28-21(16-8-9-16)13-20(27-28)19-11-10-17(12-22(19)29)26-23(30)18-7-5-4-6-15(18)3/h4-7,10-14,16,29H,8-9H2,1-3H3,(H,25,31)(H,26,30). The second kappa shape index (κ2) is 8.26. The highest BCUT2D eigenvalue weighted by Gasteiger charge is 2.31. The van der Waals surface area contributed by atoms with Gasteiger partial charge in [-0.2, -0.15) is 9.78 Å². The topological polar surface area (TPSA) is 96.3 Å². The zero-order chi connectivity index (χ0) is 22.1. The van der Waals surface area contributed by atoms with Crippen molar-refractivity contribution in [2.45, 2.75) is 45.6 Å². The molecule has 1 heterocycles. The first kappa shape index (κ1) is 20.7. The molecule has 3 N–H and O–H groups in total. The van der Waals surface area contributed by atoms with E-state index in [1.165, 1.54) is 10.7 Å². The normalized spacial score (nSPS) is 13.3. The quantitative estimate of drug-likeness (QED) is 0.561. The van der Waals surface area contributed by atoms with E-state index in [-0.39, 0.29) is 23.7 Å². The molecule has 31 heavy (non-hydrogen) atoms. The number of amides is 2. The van der Waals surface area contributed by atoms with E-state index in [1.807, 2.05) is 45.0 Å². The van der Waals surface area contributed by atoms with Gasteiger partial charge < -0.3 is 15.7 Å². The lowest BCUT2D eigenvalue weighted by atomic mass is 10.1. The number of carbonyl (C=O) groups excluding carboxylic acids is 2. The molecule has 0 saturated heterocycles. The highest BCUT2D eigenvalue weighted by Crippen LogP contribution is 2.42. The third-order valence-corrected chi connectivity index (χ3v) is 5.26. The summed E-state index contributed by atoms with van der Waals surface area (Å²) in [5, 5.41) is 20.8. The first-order valence-electron chi connectivity index (χ1n) is 10.4. The number of hydrogen-bond donors (Lipinski definition) is 3. The van der Waals surface area contributed by atoms with Crippen molar-refractivity contribution in [3.63, 3.8) is 0 Å². The third-order valence-electron chi connectivity index (χ3n) is 5.26. The van der Waals surface area contributed by atoms with E-state index in [9.17, 15) is 14.7 Å². The Morgan fingerprint density at radius 2 is 1.87 bits per heavy atom. The molecule has 2 amide bonds. The van der Waals surface area contributed by atoms with Crippen molar-refractivity contribution in [2.75, 3.05) is 5.32 Å². The summed E-state index contributed by atoms with van der Waals surface area (Å²) in [5.74, 6) is 0.0590. The van der Waals surface area contributed by atoms with Crippen molar-refractivity contribution in [1.29, 1.82) is 0 Å². The van der Waals surface area contributed by atoms with Gasteiger partial charge in [-0.05, 0) is 63.4 Å². The van der Waals surface area contributed by atoms with Gasteiger partial charge in [0.1, 0.15) is 5.75 Å². The van der Waals surface area contributed by atoms with Gasteiger partial charge in [0, 0.05) is 34.8 Å². The van der Waals surface area contributed by atoms with Gasteiger partial charge in [-0.1, -0.05) is 18.2 Å². The fourth-order valence-corrected chi connectivity index (χ4v) is 3.52. The zero-order valence-corrected chi connectivity index (χ0v) is 17.8. The number of nitrogens with one attached hydrogen (secondary N) is 2. The Bertz CT molecular complexity index is 1150. The van der Waals surface area contributed by atoms with Crippen LogP contribution in [0.15, 0.2) is 48.5 Å². The average Bonchev–Trinajstić information content (AvgIpc) is 3.46. The van der Waals surface area contributed by atoms with Crippen LogP contribution in [0.4, 0.5) is 10.5 Å². The van der Waals surface area contributed by atoms with Crippen LogP contribution in [-0.4, -0.2) is 32.9 Å². The van der Waals surface area contributed by atoms with E-state index < -0.39 is 0 Å². The van der Waals surface area contributed by atoms with Crippen LogP contribution in [-0.2, 0) is 0 Å². The number of rotatable bonds is 5. The highest BCUT2D eigenvalue weighted by atomic mass is 16.3. The average molecular weight is 418 g/mol. The maximum atomic E-state index is 12.6. The minimum atomic E-state index is -0.273. The number of hydrogen-bond acceptors (Lipinski definition) is 4. The van der Waals surface area contributed by atoms with E-state index in [2.05, 4.69) is 15.7 Å². The molecular weight excluding hydrogens is 392 g/mol. The van der Waals surface area contributed by atoms with Gasteiger partial charge in [-0.15, -0.1) is 0 Å². The van der Waals surface area contributed by atoms with Gasteiger partial charge >= 0.3 is 6.03 Å². The summed E-state index contributed by atoms with van der Waals surface area (Å²) in [6, 6.07) is 13.8. The SMILES string of the molecule is Cc1ccccc1C(=O)Nc1ccc(-c2cc(C3CC3)n(C(=O)NC(C)C)n2)c(O)c1. The molecule has 7 heteroatoms. The Morgan fingerprint density at radius 3 is 2.52 bits per heavy atom. The van der Waals surface area contributed by atoms with Crippen LogP contribution in [0, 0.1) is 6.92 Å². The Kier molecular flexibility index (Phi) is 5.50. The highest BCUT2D eigenvalue weighted by molar-refractivity contribution is 6.05. The summed E-state index contributed by atoms with van der Waals surface area (Å²) >= 11 is 0. The molecule has 3 aromatic rings. The molecule has 0 atom stereocenters. The first-order chi connectivity index (χ1) is 14.8. The summed E-state index contributed by atoms with van der Waals surface area (Å²) < 4.78 is 1.40. The van der Waals surface area contributed by atoms with Crippen LogP contribution in [0.2, 0.25) is 0 Å². The molecule has 1 aliphatic carbocycles. The molecule has 0 aliphatic heterocycles. The molecule has 0 bridgehead atoms. The fourth-order valence-electron chi connectivity index (χ4n) is 3.52. The van der Waals surface area contributed by atoms with Crippen molar-refractivity contribution in [2.24, 2.45) is 0 Å². The lowest BCUT2D eigenvalue weighted by Crippen LogP contribution is -2.35. The Labute approximate surface area is 181 Å². The monoisotopic (exact) mass is 418 g/mol. The smallest absolute Gasteiger partial charge is 0.342 e.